The first-order valence-electron chi connectivity index (χ1n) is 12.6. The van der Waals surface area contributed by atoms with E-state index in [2.05, 4.69) is 30.7 Å². The Morgan fingerprint density at radius 2 is 2.12 bits per heavy atom. The van der Waals surface area contributed by atoms with Gasteiger partial charge in [-0.1, -0.05) is 11.4 Å². The van der Waals surface area contributed by atoms with Gasteiger partial charge >= 0.3 is 18.7 Å². The van der Waals surface area contributed by atoms with Gasteiger partial charge in [-0.2, -0.15) is 9.97 Å². The molecule has 4 unspecified atom stereocenters. The molecule has 0 radical (unpaired) electrons. The van der Waals surface area contributed by atoms with Gasteiger partial charge in [-0.3, -0.25) is 24.0 Å². The molecule has 2 aromatic rings. The Kier molecular flexibility index (Phi) is 9.10. The van der Waals surface area contributed by atoms with E-state index in [-0.39, 0.29) is 36.3 Å². The number of imide groups is 1. The predicted octanol–water partition coefficient (Wildman–Crippen LogP) is 0.451. The first-order valence-corrected chi connectivity index (χ1v) is 15.8. The van der Waals surface area contributed by atoms with Gasteiger partial charge < -0.3 is 34.9 Å². The van der Waals surface area contributed by atoms with Gasteiger partial charge in [-0.25, -0.2) is 14.9 Å². The Hall–Kier alpha value is -3.02. The lowest BCUT2D eigenvalue weighted by atomic mass is 10.0. The quantitative estimate of drug-likeness (QED) is 0.124. The summed E-state index contributed by atoms with van der Waals surface area (Å²) in [4.78, 5) is 48.3. The molecule has 0 aromatic carbocycles. The van der Waals surface area contributed by atoms with E-state index >= 15 is 0 Å². The van der Waals surface area contributed by atoms with Crippen LogP contribution in [0.4, 0.5) is 10.7 Å². The van der Waals surface area contributed by atoms with E-state index in [1.165, 1.54) is 24.9 Å². The maximum absolute atomic E-state index is 13.9. The predicted molar refractivity (Wildman–Crippen MR) is 146 cm³/mol. The monoisotopic (exact) mass is 616 g/mol. The molecule has 6 atom stereocenters. The summed E-state index contributed by atoms with van der Waals surface area (Å²) in [7, 11) is 1.41. The zero-order chi connectivity index (χ0) is 30.1. The molecule has 2 aliphatic rings. The number of nitrogens with zero attached hydrogens (tertiary/aromatic N) is 4. The fourth-order valence-corrected chi connectivity index (χ4v) is 8.17. The van der Waals surface area contributed by atoms with Crippen molar-refractivity contribution >= 4 is 53.1 Å². The Morgan fingerprint density at radius 1 is 1.39 bits per heavy atom. The van der Waals surface area contributed by atoms with Crippen LogP contribution in [0.5, 0.6) is 5.88 Å². The second kappa shape index (κ2) is 12.1. The van der Waals surface area contributed by atoms with Gasteiger partial charge in [0.1, 0.15) is 17.7 Å². The van der Waals surface area contributed by atoms with Gasteiger partial charge in [-0.05, 0) is 27.7 Å². The number of fused-ring (bicyclic) bond motifs is 1. The number of aliphatic hydroxyl groups is 1. The van der Waals surface area contributed by atoms with Crippen LogP contribution < -0.4 is 26.2 Å². The third-order valence-corrected chi connectivity index (χ3v) is 10.2. The minimum Gasteiger partial charge on any atom is -0.479 e. The summed E-state index contributed by atoms with van der Waals surface area (Å²) >= 11 is 0.742. The number of rotatable bonds is 12. The number of methoxy groups -OCH3 is 1. The van der Waals surface area contributed by atoms with Crippen LogP contribution >= 0.6 is 18.1 Å². The number of urea groups is 1. The molecule has 41 heavy (non-hydrogen) atoms. The lowest BCUT2D eigenvalue weighted by Crippen LogP contribution is -2.36. The first-order chi connectivity index (χ1) is 19.2. The van der Waals surface area contributed by atoms with Gasteiger partial charge in [0.05, 0.1) is 32.3 Å². The number of nitrogens with one attached hydrogen (secondary N) is 3. The Balaban J connectivity index is 1.49. The number of aromatic nitrogens is 4. The molecule has 0 spiro atoms. The summed E-state index contributed by atoms with van der Waals surface area (Å²) in [5, 5.41) is 18.4. The molecule has 0 bridgehead atoms. The second-order valence-electron chi connectivity index (χ2n) is 10.0. The second-order valence-corrected chi connectivity index (χ2v) is 14.3. The van der Waals surface area contributed by atoms with Crippen LogP contribution in [0.1, 0.15) is 40.3 Å². The van der Waals surface area contributed by atoms with Crippen LogP contribution in [-0.4, -0.2) is 91.9 Å². The number of nitrogen functional groups attached to an aromatic ring is 1. The maximum Gasteiger partial charge on any atom is 0.327 e. The first kappa shape index (κ1) is 30.9. The van der Waals surface area contributed by atoms with Gasteiger partial charge in [0.25, 0.3) is 5.91 Å². The molecule has 17 nitrogen and oxygen atoms in total. The summed E-state index contributed by atoms with van der Waals surface area (Å²) in [5.74, 6) is -1.24. The van der Waals surface area contributed by atoms with Gasteiger partial charge in [0.15, 0.2) is 17.4 Å². The third kappa shape index (κ3) is 7.07. The van der Waals surface area contributed by atoms with Crippen LogP contribution in [0.25, 0.3) is 11.2 Å². The molecule has 2 saturated heterocycles. The third-order valence-electron chi connectivity index (χ3n) is 6.10. The minimum atomic E-state index is -3.90. The Morgan fingerprint density at radius 3 is 2.76 bits per heavy atom. The number of hydrogen-bond acceptors (Lipinski definition) is 14. The highest BCUT2D eigenvalue weighted by atomic mass is 32.7. The molecular formula is C22H33N8O9PS. The number of hydrogen-bond donors (Lipinski definition) is 5. The summed E-state index contributed by atoms with van der Waals surface area (Å²) in [6.07, 6.45) is -0.641. The van der Waals surface area contributed by atoms with E-state index in [0.717, 1.165) is 11.4 Å². The molecule has 2 aliphatic heterocycles. The van der Waals surface area contributed by atoms with Crippen molar-refractivity contribution in [1.29, 1.82) is 0 Å². The average molecular weight is 617 g/mol. The van der Waals surface area contributed by atoms with E-state index in [9.17, 15) is 24.1 Å². The zero-order valence-electron chi connectivity index (χ0n) is 23.0. The lowest BCUT2D eigenvalue weighted by Gasteiger charge is -2.25. The Labute approximate surface area is 238 Å². The molecule has 6 N–H and O–H groups in total. The smallest absolute Gasteiger partial charge is 0.327 e. The van der Waals surface area contributed by atoms with Crippen molar-refractivity contribution < 1.29 is 42.8 Å². The van der Waals surface area contributed by atoms with Gasteiger partial charge in [-0.15, -0.1) is 0 Å². The molecule has 226 valence electrons. The average Bonchev–Trinajstić information content (AvgIpc) is 3.53. The topological polar surface area (TPSA) is 231 Å². The number of carbonyl (C=O) groups is 3. The fourth-order valence-electron chi connectivity index (χ4n) is 4.29. The lowest BCUT2D eigenvalue weighted by molar-refractivity contribution is -0.149. The number of amides is 3. The standard InChI is InChI=1S/C22H33N8O9PS/c1-10(2)38-18(32)11(3)29-40(35,41-8-13-16(31)27-21(33)25-13)37-7-12-6-22(4,34)19(39-12)30-9-24-14-15(30)26-20(23)28-17(14)36-5/h9-13,19,34H,6-8H2,1-5H3,(H,29,35)(H2,23,26,28)(H2,25,27,31,33)/t11-,12?,13?,19?,22-,40?/m1/s1. The summed E-state index contributed by atoms with van der Waals surface area (Å²) in [6.45, 7) is 2.22. The van der Waals surface area contributed by atoms with Crippen LogP contribution in [0.15, 0.2) is 6.33 Å². The highest BCUT2D eigenvalue weighted by Crippen LogP contribution is 2.57. The molecule has 4 rings (SSSR count). The number of esters is 1. The van der Waals surface area contributed by atoms with Crippen LogP contribution in [0, 0.1) is 0 Å². The zero-order valence-corrected chi connectivity index (χ0v) is 24.7. The van der Waals surface area contributed by atoms with Crippen molar-refractivity contribution in [3.05, 3.63) is 6.33 Å². The Bertz CT molecular complexity index is 1370. The van der Waals surface area contributed by atoms with Crippen molar-refractivity contribution in [2.24, 2.45) is 0 Å². The van der Waals surface area contributed by atoms with Crippen molar-refractivity contribution in [3.8, 4) is 5.88 Å². The van der Waals surface area contributed by atoms with Crippen molar-refractivity contribution in [1.82, 2.24) is 35.2 Å². The molecule has 19 heteroatoms. The van der Waals surface area contributed by atoms with E-state index in [0.29, 0.717) is 5.52 Å². The molecule has 0 saturated carbocycles. The number of ether oxygens (including phenoxy) is 3. The molecule has 2 fully saturated rings. The number of imidazole rings is 1. The largest absolute Gasteiger partial charge is 0.479 e. The minimum absolute atomic E-state index is 0.0603. The number of anilines is 1. The highest BCUT2D eigenvalue weighted by Gasteiger charge is 2.47. The van der Waals surface area contributed by atoms with E-state index in [4.69, 9.17) is 24.5 Å². The van der Waals surface area contributed by atoms with Crippen LogP contribution in [-0.2, 0) is 28.2 Å². The van der Waals surface area contributed by atoms with Crippen molar-refractivity contribution in [2.75, 3.05) is 25.2 Å². The normalized spacial score (nSPS) is 26.6. The van der Waals surface area contributed by atoms with E-state index < -0.39 is 60.7 Å². The van der Waals surface area contributed by atoms with Crippen molar-refractivity contribution in [2.45, 2.75) is 70.2 Å². The van der Waals surface area contributed by atoms with Crippen LogP contribution in [0.2, 0.25) is 0 Å². The summed E-state index contributed by atoms with van der Waals surface area (Å²) in [6, 6.07) is -2.64. The number of nitrogens with two attached hydrogens (primary N) is 1. The van der Waals surface area contributed by atoms with Gasteiger partial charge in [0.2, 0.25) is 11.8 Å². The number of carbonyl (C=O) groups excluding carboxylic acids is 3. The molecular weight excluding hydrogens is 583 g/mol. The van der Waals surface area contributed by atoms with Crippen LogP contribution in [0.3, 0.4) is 0 Å². The molecule has 0 aliphatic carbocycles. The summed E-state index contributed by atoms with van der Waals surface area (Å²) in [5.41, 5.74) is 4.97. The van der Waals surface area contributed by atoms with Gasteiger partial charge in [0, 0.05) is 12.2 Å². The summed E-state index contributed by atoms with van der Waals surface area (Å²) < 4.78 is 37.7. The maximum atomic E-state index is 13.9. The van der Waals surface area contributed by atoms with Crippen molar-refractivity contribution in [3.63, 3.8) is 0 Å². The molecule has 4 heterocycles. The molecule has 3 amide bonds. The van der Waals surface area contributed by atoms with E-state index in [1.54, 1.807) is 20.8 Å². The fraction of sp³-hybridized carbons (Fsp3) is 0.636. The SMILES string of the molecule is COc1nc(N)nc2c1ncn2C1OC(COP(=O)(N[C@H](C)C(=O)OC(C)C)SCC2NC(=O)NC2=O)C[C@@]1(C)O. The highest BCUT2D eigenvalue weighted by molar-refractivity contribution is 8.56. The van der Waals surface area contributed by atoms with E-state index in [1.807, 2.05) is 0 Å². The molecule has 2 aromatic heterocycles.